The first-order chi connectivity index (χ1) is 9.98. The van der Waals surface area contributed by atoms with Gasteiger partial charge in [0.05, 0.1) is 23.9 Å². The van der Waals surface area contributed by atoms with E-state index in [4.69, 9.17) is 4.74 Å². The van der Waals surface area contributed by atoms with Crippen molar-refractivity contribution < 1.29 is 14.6 Å². The molecule has 3 rings (SSSR count). The number of hydrogen-bond acceptors (Lipinski definition) is 4. The van der Waals surface area contributed by atoms with Crippen LogP contribution in [-0.2, 0) is 0 Å². The van der Waals surface area contributed by atoms with Gasteiger partial charge in [-0.15, -0.1) is 0 Å². The molecule has 2 heterocycles. The second-order valence-corrected chi connectivity index (χ2v) is 5.94. The zero-order valence-electron chi connectivity index (χ0n) is 12.6. The van der Waals surface area contributed by atoms with Crippen molar-refractivity contribution in [3.05, 3.63) is 29.3 Å². The highest BCUT2D eigenvalue weighted by Gasteiger charge is 2.44. The summed E-state index contributed by atoms with van der Waals surface area (Å²) in [5.74, 6) is 0.337. The molecule has 1 unspecified atom stereocenters. The molecule has 0 aliphatic carbocycles. The molecule has 0 spiro atoms. The molecule has 5 nitrogen and oxygen atoms in total. The van der Waals surface area contributed by atoms with E-state index in [0.29, 0.717) is 30.1 Å². The summed E-state index contributed by atoms with van der Waals surface area (Å²) in [5.41, 5.74) is 2.25. The van der Waals surface area contributed by atoms with Crippen LogP contribution >= 0.6 is 0 Å². The molecule has 21 heavy (non-hydrogen) atoms. The highest BCUT2D eigenvalue weighted by molar-refractivity contribution is 6.02. The SMILES string of the molecule is CC=C1CN2C(=O)c3cc(OC)c(O)cc3NCC2(C)C1. The van der Waals surface area contributed by atoms with Gasteiger partial charge in [-0.05, 0) is 26.3 Å². The minimum Gasteiger partial charge on any atom is -0.504 e. The number of phenols is 1. The molecule has 0 saturated carbocycles. The van der Waals surface area contributed by atoms with Crippen LogP contribution in [0.3, 0.4) is 0 Å². The van der Waals surface area contributed by atoms with E-state index in [1.54, 1.807) is 12.1 Å². The molecule has 2 aliphatic heterocycles. The van der Waals surface area contributed by atoms with E-state index in [-0.39, 0.29) is 17.2 Å². The minimum atomic E-state index is -0.235. The third-order valence-electron chi connectivity index (χ3n) is 4.48. The second-order valence-electron chi connectivity index (χ2n) is 5.94. The van der Waals surface area contributed by atoms with Crippen LogP contribution in [0, 0.1) is 0 Å². The number of hydrogen-bond donors (Lipinski definition) is 2. The van der Waals surface area contributed by atoms with E-state index in [2.05, 4.69) is 18.3 Å². The van der Waals surface area contributed by atoms with Crippen LogP contribution < -0.4 is 10.1 Å². The van der Waals surface area contributed by atoms with Gasteiger partial charge in [-0.3, -0.25) is 4.79 Å². The number of anilines is 1. The largest absolute Gasteiger partial charge is 0.504 e. The summed E-state index contributed by atoms with van der Waals surface area (Å²) < 4.78 is 5.12. The monoisotopic (exact) mass is 288 g/mol. The number of nitrogens with one attached hydrogen (secondary N) is 1. The number of allylic oxidation sites excluding steroid dienone is 1. The van der Waals surface area contributed by atoms with Gasteiger partial charge in [-0.2, -0.15) is 0 Å². The molecule has 1 fully saturated rings. The average Bonchev–Trinajstić information content (AvgIpc) is 2.78. The minimum absolute atomic E-state index is 0.0207. The lowest BCUT2D eigenvalue weighted by molar-refractivity contribution is 0.0654. The smallest absolute Gasteiger partial charge is 0.256 e. The van der Waals surface area contributed by atoms with Gasteiger partial charge < -0.3 is 20.1 Å². The molecule has 2 N–H and O–H groups in total. The van der Waals surface area contributed by atoms with E-state index < -0.39 is 0 Å². The maximum absolute atomic E-state index is 12.9. The van der Waals surface area contributed by atoms with E-state index in [9.17, 15) is 9.90 Å². The normalized spacial score (nSPS) is 26.1. The first-order valence-electron chi connectivity index (χ1n) is 7.09. The van der Waals surface area contributed by atoms with E-state index in [1.165, 1.54) is 12.7 Å². The third-order valence-corrected chi connectivity index (χ3v) is 4.48. The fraction of sp³-hybridized carbons (Fsp3) is 0.438. The highest BCUT2D eigenvalue weighted by atomic mass is 16.5. The molecule has 2 aliphatic rings. The predicted molar refractivity (Wildman–Crippen MR) is 81.0 cm³/mol. The molecule has 1 aromatic rings. The van der Waals surface area contributed by atoms with Gasteiger partial charge >= 0.3 is 0 Å². The zero-order valence-corrected chi connectivity index (χ0v) is 12.6. The Labute approximate surface area is 124 Å². The molecule has 0 aromatic heterocycles. The molecule has 1 amide bonds. The van der Waals surface area contributed by atoms with Gasteiger partial charge in [-0.25, -0.2) is 0 Å². The van der Waals surface area contributed by atoms with Crippen molar-refractivity contribution in [2.75, 3.05) is 25.5 Å². The van der Waals surface area contributed by atoms with Crippen LogP contribution in [0.5, 0.6) is 11.5 Å². The van der Waals surface area contributed by atoms with Crippen LogP contribution in [-0.4, -0.2) is 41.7 Å². The summed E-state index contributed by atoms with van der Waals surface area (Å²) >= 11 is 0. The standard InChI is InChI=1S/C16H20N2O3/c1-4-10-7-16(2)9-17-12-6-13(19)14(21-3)5-11(12)15(20)18(16)8-10/h4-6,17,19H,7-9H2,1-3H3. The summed E-state index contributed by atoms with van der Waals surface area (Å²) in [6.45, 7) is 5.43. The maximum Gasteiger partial charge on any atom is 0.256 e. The van der Waals surface area contributed by atoms with Crippen molar-refractivity contribution >= 4 is 11.6 Å². The number of ether oxygens (including phenoxy) is 1. The van der Waals surface area contributed by atoms with Gasteiger partial charge in [0.15, 0.2) is 11.5 Å². The number of phenolic OH excluding ortho intramolecular Hbond substituents is 1. The van der Waals surface area contributed by atoms with E-state index in [0.717, 1.165) is 6.42 Å². The Hall–Kier alpha value is -2.17. The summed E-state index contributed by atoms with van der Waals surface area (Å²) in [6, 6.07) is 3.17. The second kappa shape index (κ2) is 4.69. The van der Waals surface area contributed by atoms with Gasteiger partial charge in [0, 0.05) is 19.2 Å². The fourth-order valence-corrected chi connectivity index (χ4v) is 3.19. The van der Waals surface area contributed by atoms with Crippen molar-refractivity contribution in [1.82, 2.24) is 4.90 Å². The Kier molecular flexibility index (Phi) is 3.08. The quantitative estimate of drug-likeness (QED) is 0.779. The molecular formula is C16H20N2O3. The average molecular weight is 288 g/mol. The number of carbonyl (C=O) groups is 1. The van der Waals surface area contributed by atoms with Gasteiger partial charge in [0.1, 0.15) is 0 Å². The Morgan fingerprint density at radius 2 is 2.24 bits per heavy atom. The highest BCUT2D eigenvalue weighted by Crippen LogP contribution is 2.40. The zero-order chi connectivity index (χ0) is 15.2. The number of rotatable bonds is 1. The Balaban J connectivity index is 2.08. The van der Waals surface area contributed by atoms with Crippen LogP contribution in [0.2, 0.25) is 0 Å². The maximum atomic E-state index is 12.9. The van der Waals surface area contributed by atoms with Crippen molar-refractivity contribution in [3.63, 3.8) is 0 Å². The summed E-state index contributed by atoms with van der Waals surface area (Å²) in [4.78, 5) is 14.8. The Morgan fingerprint density at radius 1 is 1.48 bits per heavy atom. The van der Waals surface area contributed by atoms with Crippen molar-refractivity contribution in [2.24, 2.45) is 0 Å². The molecular weight excluding hydrogens is 268 g/mol. The topological polar surface area (TPSA) is 61.8 Å². The lowest BCUT2D eigenvalue weighted by Gasteiger charge is -2.32. The van der Waals surface area contributed by atoms with Crippen molar-refractivity contribution in [2.45, 2.75) is 25.8 Å². The van der Waals surface area contributed by atoms with Crippen molar-refractivity contribution in [1.29, 1.82) is 0 Å². The molecule has 5 heteroatoms. The molecule has 1 aromatic carbocycles. The predicted octanol–water partition coefficient (Wildman–Crippen LogP) is 2.38. The molecule has 1 saturated heterocycles. The third kappa shape index (κ3) is 2.04. The van der Waals surface area contributed by atoms with Crippen LogP contribution in [0.25, 0.3) is 0 Å². The summed E-state index contributed by atoms with van der Waals surface area (Å²) in [5, 5.41) is 13.2. The molecule has 0 bridgehead atoms. The lowest BCUT2D eigenvalue weighted by atomic mass is 9.97. The van der Waals surface area contributed by atoms with Crippen molar-refractivity contribution in [3.8, 4) is 11.5 Å². The summed E-state index contributed by atoms with van der Waals surface area (Å²) in [6.07, 6.45) is 2.96. The molecule has 0 radical (unpaired) electrons. The van der Waals surface area contributed by atoms with Crippen LogP contribution in [0.15, 0.2) is 23.8 Å². The fourth-order valence-electron chi connectivity index (χ4n) is 3.19. The Morgan fingerprint density at radius 3 is 2.90 bits per heavy atom. The number of methoxy groups -OCH3 is 1. The lowest BCUT2D eigenvalue weighted by Crippen LogP contribution is -2.47. The Bertz CT molecular complexity index is 639. The van der Waals surface area contributed by atoms with Gasteiger partial charge in [-0.1, -0.05) is 11.6 Å². The number of fused-ring (bicyclic) bond motifs is 2. The van der Waals surface area contributed by atoms with Gasteiger partial charge in [0.25, 0.3) is 5.91 Å². The number of aromatic hydroxyl groups is 1. The molecule has 1 atom stereocenters. The summed E-state index contributed by atoms with van der Waals surface area (Å²) in [7, 11) is 1.48. The number of carbonyl (C=O) groups excluding carboxylic acids is 1. The molecule has 112 valence electrons. The number of nitrogens with zero attached hydrogens (tertiary/aromatic N) is 1. The first-order valence-corrected chi connectivity index (χ1v) is 7.09. The first kappa shape index (κ1) is 13.8. The van der Waals surface area contributed by atoms with E-state index >= 15 is 0 Å². The number of amides is 1. The van der Waals surface area contributed by atoms with Gasteiger partial charge in [0.2, 0.25) is 0 Å². The van der Waals surface area contributed by atoms with Crippen LogP contribution in [0.4, 0.5) is 5.69 Å². The van der Waals surface area contributed by atoms with E-state index in [1.807, 2.05) is 11.8 Å². The number of benzene rings is 1. The van der Waals surface area contributed by atoms with Crippen LogP contribution in [0.1, 0.15) is 30.6 Å².